The highest BCUT2D eigenvalue weighted by molar-refractivity contribution is 5.82. The Morgan fingerprint density at radius 3 is 2.50 bits per heavy atom. The summed E-state index contributed by atoms with van der Waals surface area (Å²) >= 11 is 0. The van der Waals surface area contributed by atoms with E-state index in [1.807, 2.05) is 13.8 Å². The van der Waals surface area contributed by atoms with Gasteiger partial charge in [0.05, 0.1) is 18.9 Å². The summed E-state index contributed by atoms with van der Waals surface area (Å²) in [4.78, 5) is 11.3. The number of hydrogen-bond donors (Lipinski definition) is 1. The van der Waals surface area contributed by atoms with Gasteiger partial charge in [-0.1, -0.05) is 20.4 Å². The molecule has 80 valence electrons. The number of hydrogen-bond acceptors (Lipinski definition) is 4. The molecule has 0 heterocycles. The standard InChI is InChI=1S/C10H18N2O2/c1-5-12(11-6-9(4)13)7-10(14)8(2)3/h5-6,8-9,13H,1,7H2,2-4H3/b11-6-/t9-/m0/s1. The van der Waals surface area contributed by atoms with Crippen molar-refractivity contribution < 1.29 is 9.90 Å². The highest BCUT2D eigenvalue weighted by Gasteiger charge is 2.09. The molecule has 0 radical (unpaired) electrons. The van der Waals surface area contributed by atoms with E-state index < -0.39 is 6.10 Å². The minimum absolute atomic E-state index is 0.0146. The second-order valence-electron chi connectivity index (χ2n) is 3.41. The molecular formula is C10H18N2O2. The molecule has 0 amide bonds. The number of aliphatic hydroxyl groups excluding tert-OH is 1. The van der Waals surface area contributed by atoms with Crippen molar-refractivity contribution in [2.45, 2.75) is 26.9 Å². The monoisotopic (exact) mass is 198 g/mol. The second kappa shape index (κ2) is 6.32. The molecule has 0 aromatic heterocycles. The number of carbonyl (C=O) groups is 1. The largest absolute Gasteiger partial charge is 0.388 e. The molecule has 0 unspecified atom stereocenters. The van der Waals surface area contributed by atoms with E-state index in [4.69, 9.17) is 5.11 Å². The molecule has 0 spiro atoms. The summed E-state index contributed by atoms with van der Waals surface area (Å²) in [5, 5.41) is 14.2. The Labute approximate surface area is 84.9 Å². The van der Waals surface area contributed by atoms with E-state index in [1.165, 1.54) is 17.4 Å². The van der Waals surface area contributed by atoms with Crippen LogP contribution in [0.5, 0.6) is 0 Å². The van der Waals surface area contributed by atoms with Gasteiger partial charge in [0.25, 0.3) is 0 Å². The molecule has 0 bridgehead atoms. The van der Waals surface area contributed by atoms with Gasteiger partial charge < -0.3 is 5.11 Å². The lowest BCUT2D eigenvalue weighted by atomic mass is 10.1. The summed E-state index contributed by atoms with van der Waals surface area (Å²) in [5.74, 6) is 0.0758. The zero-order valence-electron chi connectivity index (χ0n) is 8.97. The van der Waals surface area contributed by atoms with Gasteiger partial charge in [0.15, 0.2) is 5.78 Å². The molecule has 1 atom stereocenters. The summed E-state index contributed by atoms with van der Waals surface area (Å²) in [7, 11) is 0. The number of rotatable bonds is 6. The normalized spacial score (nSPS) is 13.2. The van der Waals surface area contributed by atoms with Crippen LogP contribution in [0.4, 0.5) is 0 Å². The molecule has 1 N–H and O–H groups in total. The summed E-state index contributed by atoms with van der Waals surface area (Å²) in [6.07, 6.45) is 2.20. The summed E-state index contributed by atoms with van der Waals surface area (Å²) in [6, 6.07) is 0. The first-order valence-electron chi connectivity index (χ1n) is 4.61. The first-order valence-corrected chi connectivity index (χ1v) is 4.61. The molecule has 0 aliphatic heterocycles. The number of nitrogens with zero attached hydrogens (tertiary/aromatic N) is 2. The number of aliphatic hydroxyl groups is 1. The molecule has 0 aromatic rings. The van der Waals surface area contributed by atoms with Crippen molar-refractivity contribution in [1.29, 1.82) is 0 Å². The molecule has 0 rings (SSSR count). The Morgan fingerprint density at radius 2 is 2.14 bits per heavy atom. The molecule has 14 heavy (non-hydrogen) atoms. The van der Waals surface area contributed by atoms with Crippen molar-refractivity contribution in [2.24, 2.45) is 11.0 Å². The third kappa shape index (κ3) is 5.48. The predicted molar refractivity (Wildman–Crippen MR) is 56.9 cm³/mol. The van der Waals surface area contributed by atoms with E-state index >= 15 is 0 Å². The van der Waals surface area contributed by atoms with Gasteiger partial charge in [-0.25, -0.2) is 0 Å². The van der Waals surface area contributed by atoms with Crippen LogP contribution in [0.2, 0.25) is 0 Å². The van der Waals surface area contributed by atoms with E-state index in [9.17, 15) is 4.79 Å². The van der Waals surface area contributed by atoms with Crippen LogP contribution in [0.3, 0.4) is 0 Å². The number of Topliss-reactive ketones (excluding diaryl/α,β-unsaturated/α-hetero) is 1. The fourth-order valence-corrected chi connectivity index (χ4v) is 0.677. The first-order chi connectivity index (χ1) is 6.47. The van der Waals surface area contributed by atoms with Gasteiger partial charge in [0, 0.05) is 12.1 Å². The minimum atomic E-state index is -0.619. The van der Waals surface area contributed by atoms with E-state index in [2.05, 4.69) is 11.7 Å². The van der Waals surface area contributed by atoms with Crippen LogP contribution in [0, 0.1) is 5.92 Å². The van der Waals surface area contributed by atoms with Crippen LogP contribution in [0.15, 0.2) is 17.9 Å². The topological polar surface area (TPSA) is 52.9 Å². The van der Waals surface area contributed by atoms with Crippen LogP contribution in [0.1, 0.15) is 20.8 Å². The maximum Gasteiger partial charge on any atom is 0.156 e. The third-order valence-corrected chi connectivity index (χ3v) is 1.60. The van der Waals surface area contributed by atoms with Crippen LogP contribution >= 0.6 is 0 Å². The Bertz CT molecular complexity index is 222. The van der Waals surface area contributed by atoms with Crippen molar-refractivity contribution in [1.82, 2.24) is 5.01 Å². The van der Waals surface area contributed by atoms with Gasteiger partial charge in [0.2, 0.25) is 0 Å². The SMILES string of the molecule is C=CN(CC(=O)C(C)C)/N=C\[C@H](C)O. The van der Waals surface area contributed by atoms with Crippen molar-refractivity contribution >= 4 is 12.0 Å². The molecule has 0 aliphatic rings. The molecule has 0 fully saturated rings. The first kappa shape index (κ1) is 12.8. The molecule has 0 aromatic carbocycles. The maximum atomic E-state index is 11.3. The van der Waals surface area contributed by atoms with Gasteiger partial charge in [-0.2, -0.15) is 5.10 Å². The summed E-state index contributed by atoms with van der Waals surface area (Å²) < 4.78 is 0. The highest BCUT2D eigenvalue weighted by atomic mass is 16.3. The van der Waals surface area contributed by atoms with Gasteiger partial charge in [-0.15, -0.1) is 0 Å². The average Bonchev–Trinajstić information content (AvgIpc) is 2.11. The lowest BCUT2D eigenvalue weighted by Gasteiger charge is -2.14. The second-order valence-corrected chi connectivity index (χ2v) is 3.41. The van der Waals surface area contributed by atoms with Crippen molar-refractivity contribution in [3.8, 4) is 0 Å². The average molecular weight is 198 g/mol. The van der Waals surface area contributed by atoms with Crippen LogP contribution in [-0.4, -0.2) is 34.8 Å². The van der Waals surface area contributed by atoms with E-state index in [-0.39, 0.29) is 18.2 Å². The van der Waals surface area contributed by atoms with Crippen LogP contribution in [0.25, 0.3) is 0 Å². The molecule has 0 aliphatic carbocycles. The Balaban J connectivity index is 4.16. The van der Waals surface area contributed by atoms with Gasteiger partial charge >= 0.3 is 0 Å². The van der Waals surface area contributed by atoms with Gasteiger partial charge in [0.1, 0.15) is 0 Å². The summed E-state index contributed by atoms with van der Waals surface area (Å²) in [6.45, 7) is 8.99. The molecule has 0 saturated carbocycles. The fraction of sp³-hybridized carbons (Fsp3) is 0.600. The Morgan fingerprint density at radius 1 is 1.57 bits per heavy atom. The van der Waals surface area contributed by atoms with Crippen molar-refractivity contribution in [2.75, 3.05) is 6.54 Å². The molecular weight excluding hydrogens is 180 g/mol. The lowest BCUT2D eigenvalue weighted by Crippen LogP contribution is -2.24. The number of carbonyl (C=O) groups excluding carboxylic acids is 1. The number of ketones is 1. The smallest absolute Gasteiger partial charge is 0.156 e. The van der Waals surface area contributed by atoms with E-state index in [1.54, 1.807) is 6.92 Å². The van der Waals surface area contributed by atoms with E-state index in [0.29, 0.717) is 0 Å². The zero-order chi connectivity index (χ0) is 11.1. The Hall–Kier alpha value is -1.16. The van der Waals surface area contributed by atoms with Crippen LogP contribution in [-0.2, 0) is 4.79 Å². The maximum absolute atomic E-state index is 11.3. The van der Waals surface area contributed by atoms with E-state index in [0.717, 1.165) is 0 Å². The third-order valence-electron chi connectivity index (χ3n) is 1.60. The summed E-state index contributed by atoms with van der Waals surface area (Å²) in [5.41, 5.74) is 0. The van der Waals surface area contributed by atoms with Crippen molar-refractivity contribution in [3.63, 3.8) is 0 Å². The quantitative estimate of drug-likeness (QED) is 0.512. The predicted octanol–water partition coefficient (Wildman–Crippen LogP) is 1.02. The zero-order valence-corrected chi connectivity index (χ0v) is 8.97. The fourth-order valence-electron chi connectivity index (χ4n) is 0.677. The molecule has 0 saturated heterocycles. The van der Waals surface area contributed by atoms with Crippen molar-refractivity contribution in [3.05, 3.63) is 12.8 Å². The lowest BCUT2D eigenvalue weighted by molar-refractivity contribution is -0.122. The molecule has 4 nitrogen and oxygen atoms in total. The Kier molecular flexibility index (Phi) is 5.79. The molecule has 4 heteroatoms. The van der Waals surface area contributed by atoms with Crippen LogP contribution < -0.4 is 0 Å². The van der Waals surface area contributed by atoms with Gasteiger partial charge in [-0.05, 0) is 6.92 Å². The number of hydrazone groups is 1. The highest BCUT2D eigenvalue weighted by Crippen LogP contribution is 1.98. The minimum Gasteiger partial charge on any atom is -0.388 e. The van der Waals surface area contributed by atoms with Gasteiger partial charge in [-0.3, -0.25) is 9.80 Å².